The van der Waals surface area contributed by atoms with Crippen LogP contribution in [0.4, 0.5) is 0 Å². The van der Waals surface area contributed by atoms with Crippen molar-refractivity contribution in [2.45, 2.75) is 12.8 Å². The molecule has 0 amide bonds. The van der Waals surface area contributed by atoms with Crippen molar-refractivity contribution >= 4 is 23.2 Å². The highest BCUT2D eigenvalue weighted by Gasteiger charge is 2.00. The van der Waals surface area contributed by atoms with E-state index in [0.717, 1.165) is 30.0 Å². The van der Waals surface area contributed by atoms with Crippen molar-refractivity contribution in [2.24, 2.45) is 5.84 Å². The molecule has 1 aromatic carbocycles. The van der Waals surface area contributed by atoms with Crippen LogP contribution in [0.15, 0.2) is 18.2 Å². The molecule has 0 heterocycles. The summed E-state index contributed by atoms with van der Waals surface area (Å²) in [5.41, 5.74) is 3.71. The van der Waals surface area contributed by atoms with Crippen LogP contribution in [0.25, 0.3) is 0 Å². The summed E-state index contributed by atoms with van der Waals surface area (Å²) >= 11 is 11.7. The van der Waals surface area contributed by atoms with Gasteiger partial charge in [0.25, 0.3) is 0 Å². The Kier molecular flexibility index (Phi) is 4.53. The summed E-state index contributed by atoms with van der Waals surface area (Å²) in [6.45, 7) is 0.791. The van der Waals surface area contributed by atoms with E-state index >= 15 is 0 Å². The summed E-state index contributed by atoms with van der Waals surface area (Å²) in [6.07, 6.45) is 1.89. The number of halogens is 2. The Morgan fingerprint density at radius 3 is 2.69 bits per heavy atom. The minimum absolute atomic E-state index is 0.672. The lowest BCUT2D eigenvalue weighted by atomic mass is 10.1. The lowest BCUT2D eigenvalue weighted by Crippen LogP contribution is -2.23. The van der Waals surface area contributed by atoms with Gasteiger partial charge in [0.2, 0.25) is 0 Å². The first-order valence-electron chi connectivity index (χ1n) is 4.11. The Morgan fingerprint density at radius 2 is 2.08 bits per heavy atom. The van der Waals surface area contributed by atoms with Crippen molar-refractivity contribution in [2.75, 3.05) is 6.54 Å². The minimum atomic E-state index is 0.672. The first kappa shape index (κ1) is 10.8. The number of hydrogen-bond acceptors (Lipinski definition) is 2. The van der Waals surface area contributed by atoms with E-state index < -0.39 is 0 Å². The molecule has 0 aliphatic rings. The van der Waals surface area contributed by atoms with Gasteiger partial charge in [-0.2, -0.15) is 0 Å². The molecule has 2 nitrogen and oxygen atoms in total. The number of benzene rings is 1. The molecule has 0 aromatic heterocycles. The second-order valence-corrected chi connectivity index (χ2v) is 3.64. The Bertz CT molecular complexity index is 276. The summed E-state index contributed by atoms with van der Waals surface area (Å²) in [5.74, 6) is 5.15. The lowest BCUT2D eigenvalue weighted by molar-refractivity contribution is 0.680. The number of nitrogens with two attached hydrogens (primary N) is 1. The van der Waals surface area contributed by atoms with Gasteiger partial charge in [-0.05, 0) is 30.5 Å². The molecule has 0 unspecified atom stereocenters. The van der Waals surface area contributed by atoms with Gasteiger partial charge in [-0.25, -0.2) is 0 Å². The normalized spacial score (nSPS) is 10.4. The number of rotatable bonds is 4. The fourth-order valence-corrected chi connectivity index (χ4v) is 1.61. The molecule has 0 aliphatic heterocycles. The van der Waals surface area contributed by atoms with Crippen molar-refractivity contribution in [1.82, 2.24) is 5.43 Å². The van der Waals surface area contributed by atoms with Crippen LogP contribution in [0.5, 0.6) is 0 Å². The van der Waals surface area contributed by atoms with Gasteiger partial charge in [-0.1, -0.05) is 29.3 Å². The summed E-state index contributed by atoms with van der Waals surface area (Å²) in [7, 11) is 0. The Balaban J connectivity index is 2.56. The van der Waals surface area contributed by atoms with E-state index in [1.807, 2.05) is 12.1 Å². The van der Waals surface area contributed by atoms with E-state index in [9.17, 15) is 0 Å². The monoisotopic (exact) mass is 218 g/mol. The van der Waals surface area contributed by atoms with Crippen molar-refractivity contribution in [3.05, 3.63) is 33.8 Å². The van der Waals surface area contributed by atoms with Gasteiger partial charge >= 0.3 is 0 Å². The molecule has 72 valence electrons. The fourth-order valence-electron chi connectivity index (χ4n) is 1.11. The molecule has 0 aliphatic carbocycles. The maximum absolute atomic E-state index is 5.97. The zero-order valence-electron chi connectivity index (χ0n) is 7.19. The zero-order valence-corrected chi connectivity index (χ0v) is 8.70. The molecular weight excluding hydrogens is 207 g/mol. The average molecular weight is 219 g/mol. The van der Waals surface area contributed by atoms with Gasteiger partial charge < -0.3 is 0 Å². The SMILES string of the molecule is NNCCCc1ccc(Cl)cc1Cl. The van der Waals surface area contributed by atoms with Crippen molar-refractivity contribution in [1.29, 1.82) is 0 Å². The number of aryl methyl sites for hydroxylation is 1. The fraction of sp³-hybridized carbons (Fsp3) is 0.333. The highest BCUT2D eigenvalue weighted by Crippen LogP contribution is 2.21. The largest absolute Gasteiger partial charge is 0.271 e. The van der Waals surface area contributed by atoms with E-state index in [1.165, 1.54) is 0 Å². The zero-order chi connectivity index (χ0) is 9.68. The molecule has 1 rings (SSSR count). The van der Waals surface area contributed by atoms with Gasteiger partial charge in [-0.3, -0.25) is 11.3 Å². The molecule has 0 saturated carbocycles. The quantitative estimate of drug-likeness (QED) is 0.463. The van der Waals surface area contributed by atoms with E-state index in [1.54, 1.807) is 6.07 Å². The Morgan fingerprint density at radius 1 is 1.31 bits per heavy atom. The third kappa shape index (κ3) is 3.53. The van der Waals surface area contributed by atoms with Crippen LogP contribution in [0.2, 0.25) is 10.0 Å². The van der Waals surface area contributed by atoms with Crippen LogP contribution >= 0.6 is 23.2 Å². The Labute approximate surface area is 88.0 Å². The molecule has 3 N–H and O–H groups in total. The van der Waals surface area contributed by atoms with E-state index in [4.69, 9.17) is 29.0 Å². The lowest BCUT2D eigenvalue weighted by Gasteiger charge is -2.03. The molecule has 1 aromatic rings. The van der Waals surface area contributed by atoms with Crippen molar-refractivity contribution < 1.29 is 0 Å². The maximum Gasteiger partial charge on any atom is 0.0452 e. The van der Waals surface area contributed by atoms with Gasteiger partial charge in [0.05, 0.1) is 0 Å². The molecule has 0 saturated heterocycles. The highest BCUT2D eigenvalue weighted by atomic mass is 35.5. The van der Waals surface area contributed by atoms with E-state index in [-0.39, 0.29) is 0 Å². The number of hydrazine groups is 1. The molecule has 0 atom stereocenters. The van der Waals surface area contributed by atoms with Gasteiger partial charge in [0.15, 0.2) is 0 Å². The Hall–Kier alpha value is -0.280. The van der Waals surface area contributed by atoms with E-state index in [0.29, 0.717) is 5.02 Å². The number of hydrogen-bond donors (Lipinski definition) is 2. The van der Waals surface area contributed by atoms with Crippen LogP contribution in [0.3, 0.4) is 0 Å². The summed E-state index contributed by atoms with van der Waals surface area (Å²) in [5, 5.41) is 1.40. The van der Waals surface area contributed by atoms with Gasteiger partial charge in [-0.15, -0.1) is 0 Å². The smallest absolute Gasteiger partial charge is 0.0452 e. The first-order valence-corrected chi connectivity index (χ1v) is 4.87. The standard InChI is InChI=1S/C9H12Cl2N2/c10-8-4-3-7(9(11)6-8)2-1-5-13-12/h3-4,6,13H,1-2,5,12H2. The van der Waals surface area contributed by atoms with Crippen molar-refractivity contribution in [3.63, 3.8) is 0 Å². The molecule has 4 heteroatoms. The van der Waals surface area contributed by atoms with Gasteiger partial charge in [0, 0.05) is 16.6 Å². The summed E-state index contributed by atoms with van der Waals surface area (Å²) < 4.78 is 0. The second-order valence-electron chi connectivity index (χ2n) is 2.79. The molecule has 0 fully saturated rings. The summed E-state index contributed by atoms with van der Waals surface area (Å²) in [6, 6.07) is 5.55. The molecular formula is C9H12Cl2N2. The van der Waals surface area contributed by atoms with Crippen molar-refractivity contribution in [3.8, 4) is 0 Å². The molecule has 0 radical (unpaired) electrons. The second kappa shape index (κ2) is 5.45. The van der Waals surface area contributed by atoms with Gasteiger partial charge in [0.1, 0.15) is 0 Å². The van der Waals surface area contributed by atoms with Crippen LogP contribution in [0, 0.1) is 0 Å². The minimum Gasteiger partial charge on any atom is -0.271 e. The number of nitrogens with one attached hydrogen (secondary N) is 1. The molecule has 0 spiro atoms. The molecule has 0 bridgehead atoms. The predicted octanol–water partition coefficient (Wildman–Crippen LogP) is 2.39. The maximum atomic E-state index is 5.97. The van der Waals surface area contributed by atoms with E-state index in [2.05, 4.69) is 5.43 Å². The summed E-state index contributed by atoms with van der Waals surface area (Å²) in [4.78, 5) is 0. The third-order valence-electron chi connectivity index (χ3n) is 1.78. The van der Waals surface area contributed by atoms with Crippen LogP contribution < -0.4 is 11.3 Å². The topological polar surface area (TPSA) is 38.0 Å². The molecule has 13 heavy (non-hydrogen) atoms. The van der Waals surface area contributed by atoms with Crippen LogP contribution in [0.1, 0.15) is 12.0 Å². The predicted molar refractivity (Wildman–Crippen MR) is 57.0 cm³/mol. The third-order valence-corrected chi connectivity index (χ3v) is 2.37. The average Bonchev–Trinajstić information content (AvgIpc) is 2.09. The van der Waals surface area contributed by atoms with Crippen LogP contribution in [-0.4, -0.2) is 6.54 Å². The first-order chi connectivity index (χ1) is 6.24. The van der Waals surface area contributed by atoms with Crippen LogP contribution in [-0.2, 0) is 6.42 Å². The highest BCUT2D eigenvalue weighted by molar-refractivity contribution is 6.35.